The molecule has 0 bridgehead atoms. The number of piperidine rings is 1. The second-order valence-electron chi connectivity index (χ2n) is 6.88. The van der Waals surface area contributed by atoms with Crippen LogP contribution in [0.4, 0.5) is 0 Å². The van der Waals surface area contributed by atoms with Crippen molar-refractivity contribution in [3.05, 3.63) is 35.9 Å². The number of rotatable bonds is 10. The fourth-order valence-corrected chi connectivity index (χ4v) is 3.44. The molecule has 2 rings (SSSR count). The van der Waals surface area contributed by atoms with Gasteiger partial charge in [0, 0.05) is 13.1 Å². The molecule has 1 aromatic carbocycles. The Morgan fingerprint density at radius 2 is 1.83 bits per heavy atom. The van der Waals surface area contributed by atoms with Gasteiger partial charge in [-0.2, -0.15) is 0 Å². The summed E-state index contributed by atoms with van der Waals surface area (Å²) in [5.74, 6) is 0.813. The zero-order valence-corrected chi connectivity index (χ0v) is 15.4. The lowest BCUT2D eigenvalue weighted by Crippen LogP contribution is -2.42. The van der Waals surface area contributed by atoms with Gasteiger partial charge in [0.1, 0.15) is 0 Å². The number of nitrogens with zero attached hydrogens (tertiary/aromatic N) is 2. The zero-order chi connectivity index (χ0) is 17.2. The Labute approximate surface area is 147 Å². The van der Waals surface area contributed by atoms with E-state index in [0.717, 1.165) is 44.2 Å². The summed E-state index contributed by atoms with van der Waals surface area (Å²) < 4.78 is 5.64. The number of β-amino-alcohol motifs (C(OH)–C–C–N with tert-alkyl or cyclic N) is 1. The van der Waals surface area contributed by atoms with E-state index in [1.807, 2.05) is 30.3 Å². The Morgan fingerprint density at radius 3 is 2.46 bits per heavy atom. The molecule has 4 heteroatoms. The summed E-state index contributed by atoms with van der Waals surface area (Å²) in [5.41, 5.74) is 1.15. The lowest BCUT2D eigenvalue weighted by Gasteiger charge is -2.35. The van der Waals surface area contributed by atoms with Crippen LogP contribution in [0.1, 0.15) is 32.3 Å². The quantitative estimate of drug-likeness (QED) is 0.713. The minimum atomic E-state index is -0.395. The monoisotopic (exact) mass is 334 g/mol. The van der Waals surface area contributed by atoms with Crippen molar-refractivity contribution in [1.29, 1.82) is 0 Å². The van der Waals surface area contributed by atoms with Crippen molar-refractivity contribution >= 4 is 0 Å². The standard InChI is InChI=1S/C20H34N2O2/c1-3-21(4-2)14-18-10-12-22(13-11-18)15-20(23)17-24-16-19-8-6-5-7-9-19/h5-9,18,20,23H,3-4,10-17H2,1-2H3/t20-/m1/s1. The molecule has 1 saturated heterocycles. The maximum atomic E-state index is 10.2. The second kappa shape index (κ2) is 10.8. The van der Waals surface area contributed by atoms with Crippen LogP contribution in [0.3, 0.4) is 0 Å². The average molecular weight is 335 g/mol. The predicted octanol–water partition coefficient (Wildman–Crippen LogP) is 2.62. The number of likely N-dealkylation sites (tertiary alicyclic amines) is 1. The van der Waals surface area contributed by atoms with E-state index in [1.54, 1.807) is 0 Å². The molecule has 1 aliphatic rings. The highest BCUT2D eigenvalue weighted by Crippen LogP contribution is 2.18. The Kier molecular flexibility index (Phi) is 8.75. The lowest BCUT2D eigenvalue weighted by atomic mass is 9.96. The molecule has 1 fully saturated rings. The Morgan fingerprint density at radius 1 is 1.17 bits per heavy atom. The van der Waals surface area contributed by atoms with Crippen LogP contribution >= 0.6 is 0 Å². The molecule has 1 aliphatic heterocycles. The Balaban J connectivity index is 1.59. The number of hydrogen-bond donors (Lipinski definition) is 1. The van der Waals surface area contributed by atoms with Crippen LogP contribution in [0.15, 0.2) is 30.3 Å². The summed E-state index contributed by atoms with van der Waals surface area (Å²) in [7, 11) is 0. The first-order valence-electron chi connectivity index (χ1n) is 9.45. The predicted molar refractivity (Wildman–Crippen MR) is 99.1 cm³/mol. The van der Waals surface area contributed by atoms with Gasteiger partial charge in [-0.05, 0) is 50.5 Å². The van der Waals surface area contributed by atoms with E-state index >= 15 is 0 Å². The molecule has 0 aromatic heterocycles. The van der Waals surface area contributed by atoms with Gasteiger partial charge in [0.05, 0.1) is 19.3 Å². The summed E-state index contributed by atoms with van der Waals surface area (Å²) in [5, 5.41) is 10.2. The average Bonchev–Trinajstić information content (AvgIpc) is 2.62. The normalized spacial score (nSPS) is 18.2. The number of aliphatic hydroxyl groups is 1. The molecule has 136 valence electrons. The van der Waals surface area contributed by atoms with Crippen LogP contribution in [0, 0.1) is 5.92 Å². The molecule has 1 aromatic rings. The van der Waals surface area contributed by atoms with E-state index in [9.17, 15) is 5.11 Å². The highest BCUT2D eigenvalue weighted by molar-refractivity contribution is 5.13. The first-order valence-corrected chi connectivity index (χ1v) is 9.45. The van der Waals surface area contributed by atoms with E-state index < -0.39 is 6.10 Å². The SMILES string of the molecule is CCN(CC)CC1CCN(C[C@@H](O)COCc2ccccc2)CC1. The van der Waals surface area contributed by atoms with Crippen molar-refractivity contribution in [2.75, 3.05) is 45.9 Å². The van der Waals surface area contributed by atoms with Crippen LogP contribution in [-0.4, -0.2) is 66.9 Å². The van der Waals surface area contributed by atoms with E-state index in [-0.39, 0.29) is 0 Å². The van der Waals surface area contributed by atoms with Crippen molar-refractivity contribution in [2.24, 2.45) is 5.92 Å². The molecular formula is C20H34N2O2. The molecular weight excluding hydrogens is 300 g/mol. The lowest BCUT2D eigenvalue weighted by molar-refractivity contribution is 0.00350. The summed E-state index contributed by atoms with van der Waals surface area (Å²) in [6, 6.07) is 10.1. The molecule has 0 radical (unpaired) electrons. The van der Waals surface area contributed by atoms with E-state index in [4.69, 9.17) is 4.74 Å². The van der Waals surface area contributed by atoms with E-state index in [0.29, 0.717) is 13.2 Å². The van der Waals surface area contributed by atoms with Gasteiger partial charge in [-0.3, -0.25) is 0 Å². The third kappa shape index (κ3) is 6.89. The van der Waals surface area contributed by atoms with Crippen LogP contribution in [0.5, 0.6) is 0 Å². The highest BCUT2D eigenvalue weighted by Gasteiger charge is 2.22. The topological polar surface area (TPSA) is 35.9 Å². The number of benzene rings is 1. The van der Waals surface area contributed by atoms with E-state index in [2.05, 4.69) is 23.6 Å². The van der Waals surface area contributed by atoms with Crippen molar-refractivity contribution < 1.29 is 9.84 Å². The highest BCUT2D eigenvalue weighted by atomic mass is 16.5. The Hall–Kier alpha value is -0.940. The summed E-state index contributed by atoms with van der Waals surface area (Å²) in [6.07, 6.45) is 2.09. The van der Waals surface area contributed by atoms with Gasteiger partial charge in [0.25, 0.3) is 0 Å². The van der Waals surface area contributed by atoms with Crippen LogP contribution in [0.25, 0.3) is 0 Å². The first-order chi connectivity index (χ1) is 11.7. The zero-order valence-electron chi connectivity index (χ0n) is 15.4. The molecule has 24 heavy (non-hydrogen) atoms. The molecule has 0 amide bonds. The van der Waals surface area contributed by atoms with Crippen LogP contribution < -0.4 is 0 Å². The van der Waals surface area contributed by atoms with Gasteiger partial charge in [0.2, 0.25) is 0 Å². The number of aliphatic hydroxyl groups excluding tert-OH is 1. The first kappa shape index (κ1) is 19.4. The summed E-state index contributed by atoms with van der Waals surface area (Å²) >= 11 is 0. The maximum absolute atomic E-state index is 10.2. The largest absolute Gasteiger partial charge is 0.389 e. The third-order valence-electron chi connectivity index (χ3n) is 5.01. The molecule has 0 saturated carbocycles. The molecule has 0 spiro atoms. The van der Waals surface area contributed by atoms with Gasteiger partial charge in [0.15, 0.2) is 0 Å². The van der Waals surface area contributed by atoms with Crippen LogP contribution in [0.2, 0.25) is 0 Å². The van der Waals surface area contributed by atoms with Crippen molar-refractivity contribution in [3.8, 4) is 0 Å². The molecule has 1 heterocycles. The van der Waals surface area contributed by atoms with Crippen molar-refractivity contribution in [2.45, 2.75) is 39.4 Å². The molecule has 4 nitrogen and oxygen atoms in total. The summed E-state index contributed by atoms with van der Waals surface area (Å²) in [6.45, 7) is 11.9. The van der Waals surface area contributed by atoms with E-state index in [1.165, 1.54) is 19.4 Å². The maximum Gasteiger partial charge on any atom is 0.0900 e. The molecule has 0 unspecified atom stereocenters. The molecule has 0 aliphatic carbocycles. The number of hydrogen-bond acceptors (Lipinski definition) is 4. The third-order valence-corrected chi connectivity index (χ3v) is 5.01. The van der Waals surface area contributed by atoms with Gasteiger partial charge in [-0.1, -0.05) is 44.2 Å². The van der Waals surface area contributed by atoms with Crippen molar-refractivity contribution in [1.82, 2.24) is 9.80 Å². The fraction of sp³-hybridized carbons (Fsp3) is 0.700. The Bertz CT molecular complexity index is 429. The smallest absolute Gasteiger partial charge is 0.0900 e. The molecule has 1 N–H and O–H groups in total. The van der Waals surface area contributed by atoms with Gasteiger partial charge in [-0.15, -0.1) is 0 Å². The van der Waals surface area contributed by atoms with Crippen molar-refractivity contribution in [3.63, 3.8) is 0 Å². The van der Waals surface area contributed by atoms with Gasteiger partial charge >= 0.3 is 0 Å². The molecule has 1 atom stereocenters. The van der Waals surface area contributed by atoms with Gasteiger partial charge in [-0.25, -0.2) is 0 Å². The minimum absolute atomic E-state index is 0.395. The van der Waals surface area contributed by atoms with Gasteiger partial charge < -0.3 is 19.6 Å². The fourth-order valence-electron chi connectivity index (χ4n) is 3.44. The second-order valence-corrected chi connectivity index (χ2v) is 6.88. The number of ether oxygens (including phenoxy) is 1. The summed E-state index contributed by atoms with van der Waals surface area (Å²) in [4.78, 5) is 4.90. The van der Waals surface area contributed by atoms with Crippen LogP contribution in [-0.2, 0) is 11.3 Å². The minimum Gasteiger partial charge on any atom is -0.389 e.